The van der Waals surface area contributed by atoms with Gasteiger partial charge in [-0.1, -0.05) is 20.8 Å². The number of fused-ring (bicyclic) bond motifs is 1. The fraction of sp³-hybridized carbons (Fsp3) is 0.500. The monoisotopic (exact) mass is 518 g/mol. The van der Waals surface area contributed by atoms with Crippen molar-refractivity contribution in [2.75, 3.05) is 5.32 Å². The molecule has 1 aliphatic carbocycles. The maximum absolute atomic E-state index is 13.0. The van der Waals surface area contributed by atoms with Crippen LogP contribution in [0.3, 0.4) is 0 Å². The normalized spacial score (nSPS) is 19.4. The summed E-state index contributed by atoms with van der Waals surface area (Å²) in [5.74, 6) is 0.0575. The first kappa shape index (κ1) is 26.3. The Balaban J connectivity index is 1.60. The summed E-state index contributed by atoms with van der Waals surface area (Å²) < 4.78 is 45.8. The number of rotatable bonds is 5. The van der Waals surface area contributed by atoms with Crippen molar-refractivity contribution < 1.29 is 22.7 Å². The lowest BCUT2D eigenvalue weighted by Gasteiger charge is -2.41. The second-order valence-corrected chi connectivity index (χ2v) is 15.8. The molecule has 36 heavy (non-hydrogen) atoms. The van der Waals surface area contributed by atoms with Gasteiger partial charge in [0.1, 0.15) is 11.4 Å². The maximum Gasteiger partial charge on any atom is 0.416 e. The summed E-state index contributed by atoms with van der Waals surface area (Å²) in [6.07, 6.45) is 2.78. The Morgan fingerprint density at radius 2 is 1.81 bits per heavy atom. The van der Waals surface area contributed by atoms with E-state index >= 15 is 0 Å². The van der Waals surface area contributed by atoms with E-state index < -0.39 is 25.8 Å². The van der Waals surface area contributed by atoms with Crippen LogP contribution in [0.1, 0.15) is 52.0 Å². The number of aromatic nitrogens is 3. The van der Waals surface area contributed by atoms with Gasteiger partial charge in [-0.05, 0) is 68.1 Å². The molecule has 1 saturated carbocycles. The number of nitrogens with one attached hydrogen (secondary N) is 1. The summed E-state index contributed by atoms with van der Waals surface area (Å²) >= 11 is 0. The smallest absolute Gasteiger partial charge is 0.416 e. The van der Waals surface area contributed by atoms with E-state index in [-0.39, 0.29) is 22.7 Å². The predicted octanol–water partition coefficient (Wildman–Crippen LogP) is 7.16. The molecule has 194 valence electrons. The molecule has 0 bridgehead atoms. The lowest BCUT2D eigenvalue weighted by molar-refractivity contribution is -0.137. The number of benzene rings is 1. The topological polar surface area (TPSA) is 80.2 Å². The summed E-state index contributed by atoms with van der Waals surface area (Å²) in [6, 6.07) is 4.74. The zero-order valence-corrected chi connectivity index (χ0v) is 22.3. The number of halogens is 3. The third-order valence-electron chi connectivity index (χ3n) is 7.40. The first-order valence-electron chi connectivity index (χ1n) is 12.2. The van der Waals surface area contributed by atoms with Crippen LogP contribution in [0.5, 0.6) is 5.75 Å². The highest BCUT2D eigenvalue weighted by Gasteiger charge is 2.40. The molecule has 2 heterocycles. The molecule has 2 atom stereocenters. The van der Waals surface area contributed by atoms with Crippen LogP contribution in [0, 0.1) is 0 Å². The van der Waals surface area contributed by atoms with E-state index in [0.717, 1.165) is 31.7 Å². The van der Waals surface area contributed by atoms with E-state index in [9.17, 15) is 18.3 Å². The number of pyridine rings is 1. The van der Waals surface area contributed by atoms with Gasteiger partial charge >= 0.3 is 6.18 Å². The Morgan fingerprint density at radius 1 is 1.06 bits per heavy atom. The van der Waals surface area contributed by atoms with Crippen LogP contribution in [-0.2, 0) is 10.6 Å². The molecule has 6 nitrogen and oxygen atoms in total. The van der Waals surface area contributed by atoms with Gasteiger partial charge in [0.15, 0.2) is 14.1 Å². The molecule has 1 aliphatic rings. The maximum atomic E-state index is 13.0. The van der Waals surface area contributed by atoms with E-state index in [1.807, 2.05) is 0 Å². The quantitative estimate of drug-likeness (QED) is 0.349. The standard InChI is InChI=1S/C26H33F3N4O2Si/c1-25(2,3)36(4,5)35-18-8-6-7-17(14-18)31-24-21-15-30-12-11-19(21)23(32-33-24)20-10-9-16(13-22(20)34)26(27,28)29/h9-13,15,17-18,34H,6-8,14H2,1-5H3,(H,31,33)/t17-,18+/m1/s1. The van der Waals surface area contributed by atoms with Crippen molar-refractivity contribution in [3.8, 4) is 17.0 Å². The number of nitrogens with zero attached hydrogens (tertiary/aromatic N) is 3. The molecule has 0 saturated heterocycles. The number of hydrogen-bond acceptors (Lipinski definition) is 6. The lowest BCUT2D eigenvalue weighted by Crippen LogP contribution is -2.46. The molecule has 3 aromatic rings. The fourth-order valence-corrected chi connectivity index (χ4v) is 5.78. The highest BCUT2D eigenvalue weighted by atomic mass is 28.4. The molecule has 0 aliphatic heterocycles. The van der Waals surface area contributed by atoms with E-state index in [2.05, 4.69) is 54.4 Å². The third kappa shape index (κ3) is 5.49. The van der Waals surface area contributed by atoms with Crippen LogP contribution in [0.4, 0.5) is 19.0 Å². The average molecular weight is 519 g/mol. The van der Waals surface area contributed by atoms with Gasteiger partial charge in [-0.15, -0.1) is 10.2 Å². The summed E-state index contributed by atoms with van der Waals surface area (Å²) in [7, 11) is -1.88. The minimum Gasteiger partial charge on any atom is -0.507 e. The van der Waals surface area contributed by atoms with Crippen molar-refractivity contribution >= 4 is 24.9 Å². The number of anilines is 1. The highest BCUT2D eigenvalue weighted by molar-refractivity contribution is 6.74. The van der Waals surface area contributed by atoms with Gasteiger partial charge < -0.3 is 14.8 Å². The summed E-state index contributed by atoms with van der Waals surface area (Å²) in [6.45, 7) is 11.3. The Labute approximate surface area is 210 Å². The Hall–Kier alpha value is -2.72. The first-order valence-corrected chi connectivity index (χ1v) is 15.1. The minimum atomic E-state index is -4.55. The summed E-state index contributed by atoms with van der Waals surface area (Å²) in [5, 5.41) is 24.0. The predicted molar refractivity (Wildman–Crippen MR) is 137 cm³/mol. The van der Waals surface area contributed by atoms with E-state index in [0.29, 0.717) is 28.4 Å². The van der Waals surface area contributed by atoms with Gasteiger partial charge in [-0.2, -0.15) is 13.2 Å². The number of phenolic OH excluding ortho intramolecular Hbond substituents is 1. The van der Waals surface area contributed by atoms with Crippen molar-refractivity contribution in [1.82, 2.24) is 15.2 Å². The van der Waals surface area contributed by atoms with Crippen LogP contribution >= 0.6 is 0 Å². The fourth-order valence-electron chi connectivity index (χ4n) is 4.38. The number of phenols is 1. The lowest BCUT2D eigenvalue weighted by atomic mass is 9.93. The zero-order valence-electron chi connectivity index (χ0n) is 21.3. The van der Waals surface area contributed by atoms with Crippen LogP contribution < -0.4 is 5.32 Å². The molecule has 0 radical (unpaired) electrons. The molecule has 0 spiro atoms. The van der Waals surface area contributed by atoms with Crippen LogP contribution in [0.25, 0.3) is 22.0 Å². The molecule has 0 unspecified atom stereocenters. The SMILES string of the molecule is CC(C)(C)[Si](C)(C)O[C@H]1CCC[C@@H](Nc2nnc(-c3ccc(C(F)(F)F)cc3O)c3ccncc23)C1. The molecule has 2 aromatic heterocycles. The largest absolute Gasteiger partial charge is 0.507 e. The number of aromatic hydroxyl groups is 1. The molecular weight excluding hydrogens is 485 g/mol. The van der Waals surface area contributed by atoms with Gasteiger partial charge in [0.2, 0.25) is 0 Å². The van der Waals surface area contributed by atoms with Crippen molar-refractivity contribution in [3.05, 3.63) is 42.2 Å². The van der Waals surface area contributed by atoms with Crippen molar-refractivity contribution in [3.63, 3.8) is 0 Å². The van der Waals surface area contributed by atoms with Crippen LogP contribution in [0.15, 0.2) is 36.7 Å². The van der Waals surface area contributed by atoms with E-state index in [1.165, 1.54) is 6.07 Å². The Bertz CT molecular complexity index is 1240. The van der Waals surface area contributed by atoms with Crippen molar-refractivity contribution in [2.24, 2.45) is 0 Å². The first-order chi connectivity index (χ1) is 16.8. The third-order valence-corrected chi connectivity index (χ3v) is 11.9. The van der Waals surface area contributed by atoms with Gasteiger partial charge in [0, 0.05) is 40.9 Å². The molecule has 1 fully saturated rings. The van der Waals surface area contributed by atoms with Crippen molar-refractivity contribution in [1.29, 1.82) is 0 Å². The van der Waals surface area contributed by atoms with Crippen LogP contribution in [-0.4, -0.2) is 40.8 Å². The molecule has 10 heteroatoms. The second-order valence-electron chi connectivity index (χ2n) is 11.1. The van der Waals surface area contributed by atoms with Gasteiger partial charge in [-0.25, -0.2) is 0 Å². The second kappa shape index (κ2) is 9.62. The Kier molecular flexibility index (Phi) is 7.04. The summed E-state index contributed by atoms with van der Waals surface area (Å²) in [4.78, 5) is 4.22. The van der Waals surface area contributed by atoms with E-state index in [4.69, 9.17) is 4.43 Å². The molecule has 2 N–H and O–H groups in total. The molecule has 0 amide bonds. The van der Waals surface area contributed by atoms with Gasteiger partial charge in [0.25, 0.3) is 0 Å². The summed E-state index contributed by atoms with van der Waals surface area (Å²) in [5.41, 5.74) is -0.446. The molecule has 1 aromatic carbocycles. The van der Waals surface area contributed by atoms with Crippen LogP contribution in [0.2, 0.25) is 18.1 Å². The average Bonchev–Trinajstić information content (AvgIpc) is 2.78. The molecular formula is C26H33F3N4O2Si. The minimum absolute atomic E-state index is 0.139. The molecule has 4 rings (SSSR count). The van der Waals surface area contributed by atoms with Gasteiger partial charge in [0.05, 0.1) is 5.56 Å². The van der Waals surface area contributed by atoms with E-state index in [1.54, 1.807) is 18.5 Å². The van der Waals surface area contributed by atoms with Gasteiger partial charge in [-0.3, -0.25) is 4.98 Å². The van der Waals surface area contributed by atoms with Crippen molar-refractivity contribution in [2.45, 2.75) is 82.9 Å². The number of hydrogen-bond donors (Lipinski definition) is 2. The Morgan fingerprint density at radius 3 is 2.47 bits per heavy atom. The number of alkyl halides is 3. The highest BCUT2D eigenvalue weighted by Crippen LogP contribution is 2.41. The zero-order chi connectivity index (χ0) is 26.3.